The summed E-state index contributed by atoms with van der Waals surface area (Å²) in [6, 6.07) is 11.0. The number of hydrogen-bond acceptors (Lipinski definition) is 4. The molecule has 0 aliphatic heterocycles. The number of amides is 1. The fourth-order valence-corrected chi connectivity index (χ4v) is 2.28. The van der Waals surface area contributed by atoms with Crippen LogP contribution in [0.4, 0.5) is 0 Å². The number of furan rings is 1. The number of hydrazone groups is 1. The average molecular weight is 373 g/mol. The maximum Gasteiger partial charge on any atom is 0.307 e. The summed E-state index contributed by atoms with van der Waals surface area (Å²) in [4.78, 5) is 15.9. The third-order valence-corrected chi connectivity index (χ3v) is 3.64. The highest BCUT2D eigenvalue weighted by Gasteiger charge is 2.09. The van der Waals surface area contributed by atoms with Crippen molar-refractivity contribution in [2.24, 2.45) is 5.10 Å². The molecule has 2 aromatic heterocycles. The lowest BCUT2D eigenvalue weighted by molar-refractivity contribution is 0.0926. The Morgan fingerprint density at radius 2 is 2.04 bits per heavy atom. The molecule has 116 valence electrons. The van der Waals surface area contributed by atoms with Crippen molar-refractivity contribution < 1.29 is 9.21 Å². The fraction of sp³-hybridized carbons (Fsp3) is 0.0625. The number of carbonyl (C=O) groups is 1. The summed E-state index contributed by atoms with van der Waals surface area (Å²) in [5.74, 6) is -0.200. The van der Waals surface area contributed by atoms with Crippen molar-refractivity contribution >= 4 is 27.5 Å². The van der Waals surface area contributed by atoms with Gasteiger partial charge in [0.25, 0.3) is 0 Å². The molecular weight excluding hydrogens is 360 g/mol. The third kappa shape index (κ3) is 3.57. The molecule has 1 aromatic carbocycles. The Morgan fingerprint density at radius 1 is 1.26 bits per heavy atom. The fourth-order valence-electron chi connectivity index (χ4n) is 1.98. The molecule has 0 aliphatic rings. The van der Waals surface area contributed by atoms with E-state index >= 15 is 0 Å². The van der Waals surface area contributed by atoms with Crippen LogP contribution in [0.3, 0.4) is 0 Å². The molecule has 2 heterocycles. The van der Waals surface area contributed by atoms with E-state index in [0.717, 1.165) is 11.3 Å². The van der Waals surface area contributed by atoms with Crippen LogP contribution in [0.5, 0.6) is 0 Å². The molecule has 23 heavy (non-hydrogen) atoms. The average Bonchev–Trinajstić information content (AvgIpc) is 3.24. The van der Waals surface area contributed by atoms with Gasteiger partial charge in [0.15, 0.2) is 10.4 Å². The maximum absolute atomic E-state index is 11.9. The SMILES string of the molecule is C/C(=N/NC(=O)c1ccc(Br)o1)c1ccc(-n2ccnc2)cc1. The number of rotatable bonds is 4. The minimum absolute atomic E-state index is 0.198. The summed E-state index contributed by atoms with van der Waals surface area (Å²) < 4.78 is 7.58. The van der Waals surface area contributed by atoms with Gasteiger partial charge < -0.3 is 8.98 Å². The standard InChI is InChI=1S/C16H13BrN4O2/c1-11(19-20-16(22)14-6-7-15(17)23-14)12-2-4-13(5-3-12)21-9-8-18-10-21/h2-10H,1H3,(H,20,22)/b19-11-. The van der Waals surface area contributed by atoms with Gasteiger partial charge in [0.05, 0.1) is 12.0 Å². The number of nitrogens with zero attached hydrogens (tertiary/aromatic N) is 3. The van der Waals surface area contributed by atoms with E-state index in [1.807, 2.05) is 42.0 Å². The zero-order valence-electron chi connectivity index (χ0n) is 12.2. The molecule has 3 aromatic rings. The molecule has 0 fully saturated rings. The molecule has 0 saturated carbocycles. The smallest absolute Gasteiger partial charge is 0.307 e. The number of imidazole rings is 1. The van der Waals surface area contributed by atoms with Gasteiger partial charge >= 0.3 is 5.91 Å². The van der Waals surface area contributed by atoms with Gasteiger partial charge in [-0.05, 0) is 52.7 Å². The Labute approximate surface area is 141 Å². The molecule has 0 aliphatic carbocycles. The Kier molecular flexibility index (Phi) is 4.38. The minimum atomic E-state index is -0.398. The van der Waals surface area contributed by atoms with Gasteiger partial charge in [-0.2, -0.15) is 5.10 Å². The highest BCUT2D eigenvalue weighted by Crippen LogP contribution is 2.14. The lowest BCUT2D eigenvalue weighted by Crippen LogP contribution is -2.18. The number of carbonyl (C=O) groups excluding carboxylic acids is 1. The van der Waals surface area contributed by atoms with Crippen LogP contribution in [-0.4, -0.2) is 21.2 Å². The number of aromatic nitrogens is 2. The van der Waals surface area contributed by atoms with E-state index in [4.69, 9.17) is 4.42 Å². The van der Waals surface area contributed by atoms with Gasteiger partial charge in [0.2, 0.25) is 0 Å². The van der Waals surface area contributed by atoms with E-state index in [1.165, 1.54) is 0 Å². The Hall–Kier alpha value is -2.67. The Morgan fingerprint density at radius 3 is 2.65 bits per heavy atom. The summed E-state index contributed by atoms with van der Waals surface area (Å²) >= 11 is 3.15. The Bertz CT molecular complexity index is 835. The van der Waals surface area contributed by atoms with Crippen LogP contribution in [-0.2, 0) is 0 Å². The normalized spacial score (nSPS) is 11.5. The molecule has 6 nitrogen and oxygen atoms in total. The number of nitrogens with one attached hydrogen (secondary N) is 1. The first-order valence-electron chi connectivity index (χ1n) is 6.82. The molecule has 7 heteroatoms. The second kappa shape index (κ2) is 6.62. The number of halogens is 1. The van der Waals surface area contributed by atoms with E-state index in [1.54, 1.807) is 24.7 Å². The highest BCUT2D eigenvalue weighted by atomic mass is 79.9. The lowest BCUT2D eigenvalue weighted by atomic mass is 10.1. The van der Waals surface area contributed by atoms with Crippen LogP contribution in [0.2, 0.25) is 0 Å². The molecule has 0 spiro atoms. The van der Waals surface area contributed by atoms with Crippen molar-refractivity contribution in [2.45, 2.75) is 6.92 Å². The van der Waals surface area contributed by atoms with Crippen LogP contribution in [0, 0.1) is 0 Å². The number of benzene rings is 1. The van der Waals surface area contributed by atoms with Crippen LogP contribution in [0.15, 0.2) is 69.3 Å². The maximum atomic E-state index is 11.9. The van der Waals surface area contributed by atoms with Gasteiger partial charge in [-0.15, -0.1) is 0 Å². The van der Waals surface area contributed by atoms with Crippen LogP contribution < -0.4 is 5.43 Å². The van der Waals surface area contributed by atoms with Gasteiger partial charge in [0, 0.05) is 18.1 Å². The van der Waals surface area contributed by atoms with Crippen LogP contribution in [0.1, 0.15) is 23.0 Å². The molecule has 3 rings (SSSR count). The van der Waals surface area contributed by atoms with E-state index in [9.17, 15) is 4.79 Å². The second-order valence-electron chi connectivity index (χ2n) is 4.76. The molecular formula is C16H13BrN4O2. The number of hydrogen-bond donors (Lipinski definition) is 1. The van der Waals surface area contributed by atoms with Crippen LogP contribution in [0.25, 0.3) is 5.69 Å². The van der Waals surface area contributed by atoms with Crippen molar-refractivity contribution in [2.75, 3.05) is 0 Å². The van der Waals surface area contributed by atoms with Gasteiger partial charge in [-0.3, -0.25) is 4.79 Å². The predicted molar refractivity (Wildman–Crippen MR) is 89.6 cm³/mol. The topological polar surface area (TPSA) is 72.4 Å². The molecule has 1 amide bonds. The van der Waals surface area contributed by atoms with Gasteiger partial charge in [0.1, 0.15) is 0 Å². The summed E-state index contributed by atoms with van der Waals surface area (Å²) in [5.41, 5.74) is 5.08. The highest BCUT2D eigenvalue weighted by molar-refractivity contribution is 9.10. The van der Waals surface area contributed by atoms with E-state index in [0.29, 0.717) is 10.4 Å². The molecule has 0 radical (unpaired) electrons. The van der Waals surface area contributed by atoms with Gasteiger partial charge in [-0.1, -0.05) is 12.1 Å². The predicted octanol–water partition coefficient (Wildman–Crippen LogP) is 3.38. The molecule has 0 unspecified atom stereocenters. The van der Waals surface area contributed by atoms with Crippen molar-refractivity contribution in [3.8, 4) is 5.69 Å². The molecule has 0 saturated heterocycles. The van der Waals surface area contributed by atoms with Crippen molar-refractivity contribution in [3.63, 3.8) is 0 Å². The zero-order valence-corrected chi connectivity index (χ0v) is 13.8. The Balaban J connectivity index is 1.70. The lowest BCUT2D eigenvalue weighted by Gasteiger charge is -2.05. The first kappa shape index (κ1) is 15.2. The monoisotopic (exact) mass is 372 g/mol. The molecule has 1 N–H and O–H groups in total. The molecule has 0 atom stereocenters. The van der Waals surface area contributed by atoms with Crippen molar-refractivity contribution in [1.82, 2.24) is 15.0 Å². The molecule has 0 bridgehead atoms. The van der Waals surface area contributed by atoms with E-state index in [2.05, 4.69) is 31.4 Å². The van der Waals surface area contributed by atoms with Crippen LogP contribution >= 0.6 is 15.9 Å². The minimum Gasteiger partial charge on any atom is -0.444 e. The largest absolute Gasteiger partial charge is 0.444 e. The van der Waals surface area contributed by atoms with Gasteiger partial charge in [-0.25, -0.2) is 10.4 Å². The van der Waals surface area contributed by atoms with E-state index in [-0.39, 0.29) is 5.76 Å². The first-order valence-corrected chi connectivity index (χ1v) is 7.61. The summed E-state index contributed by atoms with van der Waals surface area (Å²) in [6.45, 7) is 1.82. The summed E-state index contributed by atoms with van der Waals surface area (Å²) in [7, 11) is 0. The summed E-state index contributed by atoms with van der Waals surface area (Å²) in [5, 5.41) is 4.10. The quantitative estimate of drug-likeness (QED) is 0.563. The third-order valence-electron chi connectivity index (χ3n) is 3.21. The van der Waals surface area contributed by atoms with E-state index < -0.39 is 5.91 Å². The van der Waals surface area contributed by atoms with Crippen molar-refractivity contribution in [1.29, 1.82) is 0 Å². The summed E-state index contributed by atoms with van der Waals surface area (Å²) in [6.07, 6.45) is 5.33. The van der Waals surface area contributed by atoms with Crippen molar-refractivity contribution in [3.05, 3.63) is 71.1 Å². The zero-order chi connectivity index (χ0) is 16.2. The second-order valence-corrected chi connectivity index (χ2v) is 5.54. The first-order chi connectivity index (χ1) is 11.1.